The lowest BCUT2D eigenvalue weighted by Crippen LogP contribution is -2.39. The zero-order valence-corrected chi connectivity index (χ0v) is 8.51. The number of nitrogens with zero attached hydrogens (tertiary/aromatic N) is 1. The van der Waals surface area contributed by atoms with E-state index < -0.39 is 0 Å². The first kappa shape index (κ1) is 11.1. The van der Waals surface area contributed by atoms with Gasteiger partial charge in [0.15, 0.2) is 6.29 Å². The molecule has 0 bridgehead atoms. The molecule has 0 amide bonds. The zero-order valence-electron chi connectivity index (χ0n) is 8.51. The van der Waals surface area contributed by atoms with Gasteiger partial charge in [-0.15, -0.1) is 0 Å². The van der Waals surface area contributed by atoms with Crippen LogP contribution in [0.3, 0.4) is 0 Å². The summed E-state index contributed by atoms with van der Waals surface area (Å²) in [4.78, 5) is 3.93. The van der Waals surface area contributed by atoms with Crippen molar-refractivity contribution in [2.45, 2.75) is 18.8 Å². The molecule has 0 saturated carbocycles. The van der Waals surface area contributed by atoms with Crippen LogP contribution < -0.4 is 5.73 Å². The zero-order chi connectivity index (χ0) is 10.4. The van der Waals surface area contributed by atoms with E-state index in [1.165, 1.54) is 0 Å². The van der Waals surface area contributed by atoms with Gasteiger partial charge in [0.05, 0.1) is 6.04 Å². The Bertz CT molecular complexity index is 250. The predicted octanol–water partition coefficient (Wildman–Crippen LogP) is 0.570. The third-order valence-electron chi connectivity index (χ3n) is 2.03. The Hall–Kier alpha value is -0.970. The Morgan fingerprint density at radius 1 is 1.29 bits per heavy atom. The summed E-state index contributed by atoms with van der Waals surface area (Å²) in [6, 6.07) is 3.71. The van der Waals surface area contributed by atoms with Gasteiger partial charge in [-0.25, -0.2) is 0 Å². The van der Waals surface area contributed by atoms with Crippen molar-refractivity contribution in [1.29, 1.82) is 0 Å². The van der Waals surface area contributed by atoms with Crippen LogP contribution in [0.5, 0.6) is 0 Å². The number of ether oxygens (including phenoxy) is 2. The summed E-state index contributed by atoms with van der Waals surface area (Å²) in [5.41, 5.74) is 7.03. The van der Waals surface area contributed by atoms with Crippen molar-refractivity contribution < 1.29 is 9.47 Å². The summed E-state index contributed by atoms with van der Waals surface area (Å²) in [5, 5.41) is 0. The van der Waals surface area contributed by atoms with Gasteiger partial charge in [0.1, 0.15) is 0 Å². The summed E-state index contributed by atoms with van der Waals surface area (Å²) >= 11 is 0. The van der Waals surface area contributed by atoms with Crippen molar-refractivity contribution in [2.75, 3.05) is 14.2 Å². The molecule has 0 aliphatic heterocycles. The highest BCUT2D eigenvalue weighted by atomic mass is 16.7. The number of aromatic nitrogens is 1. The van der Waals surface area contributed by atoms with E-state index in [4.69, 9.17) is 15.2 Å². The summed E-state index contributed by atoms with van der Waals surface area (Å²) in [6.45, 7) is 0. The molecule has 4 nitrogen and oxygen atoms in total. The maximum Gasteiger partial charge on any atom is 0.172 e. The molecule has 0 aliphatic carbocycles. The van der Waals surface area contributed by atoms with Gasteiger partial charge in [0.2, 0.25) is 0 Å². The average Bonchev–Trinajstić information content (AvgIpc) is 2.21. The van der Waals surface area contributed by atoms with Crippen LogP contribution in [0.2, 0.25) is 0 Å². The molecule has 78 valence electrons. The number of rotatable bonds is 5. The van der Waals surface area contributed by atoms with E-state index in [0.29, 0.717) is 0 Å². The fourth-order valence-electron chi connectivity index (χ4n) is 1.33. The Labute approximate surface area is 84.0 Å². The minimum absolute atomic E-state index is 0.160. The predicted molar refractivity (Wildman–Crippen MR) is 53.7 cm³/mol. The molecule has 1 unspecified atom stereocenters. The molecule has 14 heavy (non-hydrogen) atoms. The minimum atomic E-state index is -0.358. The molecule has 1 aromatic rings. The van der Waals surface area contributed by atoms with Gasteiger partial charge in [-0.2, -0.15) is 0 Å². The quantitative estimate of drug-likeness (QED) is 0.699. The van der Waals surface area contributed by atoms with Crippen molar-refractivity contribution in [3.63, 3.8) is 0 Å². The molecule has 0 fully saturated rings. The first-order valence-electron chi connectivity index (χ1n) is 4.48. The van der Waals surface area contributed by atoms with Crippen molar-refractivity contribution in [3.8, 4) is 0 Å². The molecule has 1 atom stereocenters. The van der Waals surface area contributed by atoms with E-state index in [1.54, 1.807) is 26.6 Å². The number of methoxy groups -OCH3 is 2. The highest BCUT2D eigenvalue weighted by Gasteiger charge is 2.16. The highest BCUT2D eigenvalue weighted by Crippen LogP contribution is 2.05. The van der Waals surface area contributed by atoms with Crippen molar-refractivity contribution in [2.24, 2.45) is 5.73 Å². The standard InChI is InChI=1S/C10H16N2O2/c1-13-10(14-2)9(11)7-8-3-5-12-6-4-8/h3-6,9-10H,7,11H2,1-2H3. The second-order valence-corrected chi connectivity index (χ2v) is 3.06. The smallest absolute Gasteiger partial charge is 0.172 e. The Morgan fingerprint density at radius 3 is 2.36 bits per heavy atom. The molecule has 0 aliphatic rings. The van der Waals surface area contributed by atoms with Gasteiger partial charge in [0, 0.05) is 26.6 Å². The number of pyridine rings is 1. The van der Waals surface area contributed by atoms with Crippen LogP contribution in [0.15, 0.2) is 24.5 Å². The van der Waals surface area contributed by atoms with Gasteiger partial charge >= 0.3 is 0 Å². The lowest BCUT2D eigenvalue weighted by Gasteiger charge is -2.20. The van der Waals surface area contributed by atoms with Crippen LogP contribution in [0, 0.1) is 0 Å². The average molecular weight is 196 g/mol. The lowest BCUT2D eigenvalue weighted by molar-refractivity contribution is -0.115. The highest BCUT2D eigenvalue weighted by molar-refractivity contribution is 5.11. The van der Waals surface area contributed by atoms with E-state index in [2.05, 4.69) is 4.98 Å². The molecule has 0 aromatic carbocycles. The Morgan fingerprint density at radius 2 is 1.86 bits per heavy atom. The first-order valence-corrected chi connectivity index (χ1v) is 4.48. The largest absolute Gasteiger partial charge is 0.354 e. The molecule has 0 saturated heterocycles. The second kappa shape index (κ2) is 5.70. The molecule has 1 heterocycles. The van der Waals surface area contributed by atoms with Crippen LogP contribution in [-0.4, -0.2) is 31.5 Å². The monoisotopic (exact) mass is 196 g/mol. The maximum atomic E-state index is 5.90. The SMILES string of the molecule is COC(OC)C(N)Cc1ccncc1. The Balaban J connectivity index is 2.52. The van der Waals surface area contributed by atoms with E-state index in [9.17, 15) is 0 Å². The number of hydrogen-bond acceptors (Lipinski definition) is 4. The summed E-state index contributed by atoms with van der Waals surface area (Å²) in [6.07, 6.45) is 3.85. The topological polar surface area (TPSA) is 57.4 Å². The molecular formula is C10H16N2O2. The fourth-order valence-corrected chi connectivity index (χ4v) is 1.33. The minimum Gasteiger partial charge on any atom is -0.354 e. The molecule has 1 aromatic heterocycles. The van der Waals surface area contributed by atoms with Crippen molar-refractivity contribution in [1.82, 2.24) is 4.98 Å². The number of hydrogen-bond donors (Lipinski definition) is 1. The second-order valence-electron chi connectivity index (χ2n) is 3.06. The maximum absolute atomic E-state index is 5.90. The van der Waals surface area contributed by atoms with Gasteiger partial charge in [0.25, 0.3) is 0 Å². The van der Waals surface area contributed by atoms with E-state index in [1.807, 2.05) is 12.1 Å². The van der Waals surface area contributed by atoms with Crippen molar-refractivity contribution >= 4 is 0 Å². The summed E-state index contributed by atoms with van der Waals surface area (Å²) in [5.74, 6) is 0. The van der Waals surface area contributed by atoms with Gasteiger partial charge < -0.3 is 15.2 Å². The Kier molecular flexibility index (Phi) is 4.52. The fraction of sp³-hybridized carbons (Fsp3) is 0.500. The molecule has 0 radical (unpaired) electrons. The van der Waals surface area contributed by atoms with Crippen LogP contribution in [0.25, 0.3) is 0 Å². The van der Waals surface area contributed by atoms with Crippen LogP contribution >= 0.6 is 0 Å². The summed E-state index contributed by atoms with van der Waals surface area (Å²) in [7, 11) is 3.17. The van der Waals surface area contributed by atoms with E-state index in [0.717, 1.165) is 12.0 Å². The molecule has 0 spiro atoms. The molecular weight excluding hydrogens is 180 g/mol. The molecule has 4 heteroatoms. The van der Waals surface area contributed by atoms with E-state index in [-0.39, 0.29) is 12.3 Å². The lowest BCUT2D eigenvalue weighted by atomic mass is 10.1. The molecule has 2 N–H and O–H groups in total. The first-order chi connectivity index (χ1) is 6.77. The van der Waals surface area contributed by atoms with Crippen LogP contribution in [0.1, 0.15) is 5.56 Å². The van der Waals surface area contributed by atoms with Gasteiger partial charge in [-0.1, -0.05) is 0 Å². The molecule has 1 rings (SSSR count). The van der Waals surface area contributed by atoms with Gasteiger partial charge in [-0.3, -0.25) is 4.98 Å². The van der Waals surface area contributed by atoms with Crippen LogP contribution in [-0.2, 0) is 15.9 Å². The van der Waals surface area contributed by atoms with Gasteiger partial charge in [-0.05, 0) is 24.1 Å². The van der Waals surface area contributed by atoms with Crippen LogP contribution in [0.4, 0.5) is 0 Å². The summed E-state index contributed by atoms with van der Waals surface area (Å²) < 4.78 is 10.1. The normalized spacial score (nSPS) is 13.1. The number of nitrogens with two attached hydrogens (primary N) is 1. The van der Waals surface area contributed by atoms with E-state index >= 15 is 0 Å². The van der Waals surface area contributed by atoms with Crippen molar-refractivity contribution in [3.05, 3.63) is 30.1 Å². The third-order valence-corrected chi connectivity index (χ3v) is 2.03. The third kappa shape index (κ3) is 3.06.